The van der Waals surface area contributed by atoms with Gasteiger partial charge in [0.15, 0.2) is 5.16 Å². The third-order valence-electron chi connectivity index (χ3n) is 3.98. The molecule has 6 nitrogen and oxygen atoms in total. The number of thioether (sulfide) groups is 1. The first-order valence-corrected chi connectivity index (χ1v) is 8.99. The van der Waals surface area contributed by atoms with Gasteiger partial charge in [0.05, 0.1) is 5.75 Å². The van der Waals surface area contributed by atoms with E-state index in [1.165, 1.54) is 17.5 Å². The van der Waals surface area contributed by atoms with Crippen LogP contribution in [0.2, 0.25) is 0 Å². The van der Waals surface area contributed by atoms with Crippen molar-refractivity contribution in [2.45, 2.75) is 18.5 Å². The molecule has 0 fully saturated rings. The third kappa shape index (κ3) is 4.30. The smallest absolute Gasteiger partial charge is 0.234 e. The largest absolute Gasteiger partial charge is 0.354 e. The van der Waals surface area contributed by atoms with E-state index >= 15 is 0 Å². The molecule has 0 spiro atoms. The highest BCUT2D eigenvalue weighted by molar-refractivity contribution is 7.99. The van der Waals surface area contributed by atoms with Crippen molar-refractivity contribution in [2.24, 2.45) is 14.1 Å². The summed E-state index contributed by atoms with van der Waals surface area (Å²) in [4.78, 5) is 12.1. The molecule has 2 heterocycles. The van der Waals surface area contributed by atoms with Gasteiger partial charge in [0.25, 0.3) is 0 Å². The van der Waals surface area contributed by atoms with Gasteiger partial charge in [-0.1, -0.05) is 29.5 Å². The summed E-state index contributed by atoms with van der Waals surface area (Å²) >= 11 is 1.39. The molecule has 0 aliphatic carbocycles. The summed E-state index contributed by atoms with van der Waals surface area (Å²) in [5.74, 6) is 1.12. The molecule has 1 aromatic carbocycles. The van der Waals surface area contributed by atoms with Crippen molar-refractivity contribution in [1.82, 2.24) is 19.3 Å². The first-order chi connectivity index (χ1) is 12.0. The SMILES string of the molecule is Cc1ccc(NC(=O)CSc2nnc(Cc3cccn3C)n2C)cc1. The lowest BCUT2D eigenvalue weighted by atomic mass is 10.2. The second kappa shape index (κ2) is 7.57. The highest BCUT2D eigenvalue weighted by Crippen LogP contribution is 2.18. The summed E-state index contributed by atoms with van der Waals surface area (Å²) in [6.45, 7) is 2.02. The number of aromatic nitrogens is 4. The molecule has 0 radical (unpaired) electrons. The Bertz CT molecular complexity index is 866. The Hall–Kier alpha value is -2.54. The van der Waals surface area contributed by atoms with Gasteiger partial charge in [-0.15, -0.1) is 10.2 Å². The van der Waals surface area contributed by atoms with Crippen LogP contribution in [-0.2, 0) is 25.3 Å². The van der Waals surface area contributed by atoms with Crippen LogP contribution in [0.5, 0.6) is 0 Å². The van der Waals surface area contributed by atoms with Crippen LogP contribution in [0.25, 0.3) is 0 Å². The lowest BCUT2D eigenvalue weighted by Crippen LogP contribution is -2.14. The van der Waals surface area contributed by atoms with Gasteiger partial charge in [0, 0.05) is 38.1 Å². The summed E-state index contributed by atoms with van der Waals surface area (Å²) < 4.78 is 4.01. The van der Waals surface area contributed by atoms with Crippen LogP contribution in [0.4, 0.5) is 5.69 Å². The van der Waals surface area contributed by atoms with Crippen molar-refractivity contribution in [3.63, 3.8) is 0 Å². The molecule has 0 saturated heterocycles. The number of carbonyl (C=O) groups is 1. The predicted molar refractivity (Wildman–Crippen MR) is 99.8 cm³/mol. The zero-order valence-electron chi connectivity index (χ0n) is 14.6. The highest BCUT2D eigenvalue weighted by Gasteiger charge is 2.13. The molecule has 0 aliphatic rings. The third-order valence-corrected chi connectivity index (χ3v) is 5.00. The lowest BCUT2D eigenvalue weighted by Gasteiger charge is -2.06. The maximum absolute atomic E-state index is 12.1. The first-order valence-electron chi connectivity index (χ1n) is 8.00. The molecule has 0 unspecified atom stereocenters. The van der Waals surface area contributed by atoms with Gasteiger partial charge in [-0.25, -0.2) is 0 Å². The number of nitrogens with zero attached hydrogens (tertiary/aromatic N) is 4. The number of amides is 1. The van der Waals surface area contributed by atoms with Gasteiger partial charge in [0.2, 0.25) is 5.91 Å². The molecule has 2 aromatic heterocycles. The van der Waals surface area contributed by atoms with Crippen molar-refractivity contribution in [2.75, 3.05) is 11.1 Å². The van der Waals surface area contributed by atoms with E-state index in [1.54, 1.807) is 0 Å². The molecule has 0 saturated carbocycles. The molecule has 3 rings (SSSR count). The Balaban J connectivity index is 1.57. The van der Waals surface area contributed by atoms with Crippen LogP contribution >= 0.6 is 11.8 Å². The fourth-order valence-electron chi connectivity index (χ4n) is 2.43. The van der Waals surface area contributed by atoms with Crippen molar-refractivity contribution in [1.29, 1.82) is 0 Å². The lowest BCUT2D eigenvalue weighted by molar-refractivity contribution is -0.113. The molecule has 0 aliphatic heterocycles. The standard InChI is InChI=1S/C18H21N5OS/c1-13-6-8-14(9-7-13)19-17(24)12-25-18-21-20-16(23(18)3)11-15-5-4-10-22(15)2/h4-10H,11-12H2,1-3H3,(H,19,24). The van der Waals surface area contributed by atoms with Crippen molar-refractivity contribution in [3.05, 3.63) is 59.7 Å². The minimum absolute atomic E-state index is 0.0548. The van der Waals surface area contributed by atoms with Gasteiger partial charge in [0.1, 0.15) is 5.82 Å². The molecule has 0 bridgehead atoms. The highest BCUT2D eigenvalue weighted by atomic mass is 32.2. The van der Waals surface area contributed by atoms with E-state index in [9.17, 15) is 4.79 Å². The number of hydrogen-bond donors (Lipinski definition) is 1. The van der Waals surface area contributed by atoms with Crippen LogP contribution in [0.3, 0.4) is 0 Å². The number of anilines is 1. The summed E-state index contributed by atoms with van der Waals surface area (Å²) in [7, 11) is 3.94. The van der Waals surface area contributed by atoms with Crippen molar-refractivity contribution in [3.8, 4) is 0 Å². The maximum Gasteiger partial charge on any atom is 0.234 e. The molecule has 7 heteroatoms. The van der Waals surface area contributed by atoms with Crippen LogP contribution in [0.1, 0.15) is 17.1 Å². The van der Waals surface area contributed by atoms with Crippen LogP contribution in [-0.4, -0.2) is 31.0 Å². The van der Waals surface area contributed by atoms with Gasteiger partial charge < -0.3 is 14.5 Å². The second-order valence-corrected chi connectivity index (χ2v) is 6.89. The minimum Gasteiger partial charge on any atom is -0.354 e. The summed E-state index contributed by atoms with van der Waals surface area (Å²) in [6.07, 6.45) is 2.72. The minimum atomic E-state index is -0.0548. The number of nitrogens with one attached hydrogen (secondary N) is 1. The summed E-state index contributed by atoms with van der Waals surface area (Å²) in [5, 5.41) is 12.1. The van der Waals surface area contributed by atoms with Gasteiger partial charge in [-0.2, -0.15) is 0 Å². The van der Waals surface area contributed by atoms with E-state index in [-0.39, 0.29) is 5.91 Å². The van der Waals surface area contributed by atoms with E-state index in [0.29, 0.717) is 12.2 Å². The van der Waals surface area contributed by atoms with Crippen molar-refractivity contribution >= 4 is 23.4 Å². The zero-order valence-corrected chi connectivity index (χ0v) is 15.4. The molecule has 3 aromatic rings. The second-order valence-electron chi connectivity index (χ2n) is 5.95. The Morgan fingerprint density at radius 2 is 1.92 bits per heavy atom. The average molecular weight is 355 g/mol. The fraction of sp³-hybridized carbons (Fsp3) is 0.278. The fourth-order valence-corrected chi connectivity index (χ4v) is 3.16. The molecule has 130 valence electrons. The van der Waals surface area contributed by atoms with Crippen LogP contribution in [0.15, 0.2) is 47.8 Å². The number of carbonyl (C=O) groups excluding carboxylic acids is 1. The van der Waals surface area contributed by atoms with Crippen LogP contribution in [0, 0.1) is 6.92 Å². The predicted octanol–water partition coefficient (Wildman–Crippen LogP) is 2.78. The topological polar surface area (TPSA) is 64.7 Å². The first kappa shape index (κ1) is 17.3. The van der Waals surface area contributed by atoms with E-state index in [2.05, 4.69) is 26.1 Å². The van der Waals surface area contributed by atoms with Gasteiger partial charge in [-0.3, -0.25) is 4.79 Å². The van der Waals surface area contributed by atoms with Crippen LogP contribution < -0.4 is 5.32 Å². The van der Waals surface area contributed by atoms with E-state index < -0.39 is 0 Å². The number of rotatable bonds is 6. The molecular weight excluding hydrogens is 334 g/mol. The maximum atomic E-state index is 12.1. The summed E-state index contributed by atoms with van der Waals surface area (Å²) in [6, 6.07) is 11.8. The van der Waals surface area contributed by atoms with E-state index in [4.69, 9.17) is 0 Å². The Labute approximate surface area is 151 Å². The Morgan fingerprint density at radius 1 is 1.16 bits per heavy atom. The zero-order chi connectivity index (χ0) is 17.8. The Kier molecular flexibility index (Phi) is 5.23. The summed E-state index contributed by atoms with van der Waals surface area (Å²) in [5.41, 5.74) is 3.14. The quantitative estimate of drug-likeness (QED) is 0.691. The monoisotopic (exact) mass is 355 g/mol. The van der Waals surface area contributed by atoms with Crippen molar-refractivity contribution < 1.29 is 4.79 Å². The molecular formula is C18H21N5OS. The molecule has 0 atom stereocenters. The number of benzene rings is 1. The van der Waals surface area contributed by atoms with E-state index in [0.717, 1.165) is 22.2 Å². The molecule has 1 N–H and O–H groups in total. The number of hydrogen-bond acceptors (Lipinski definition) is 4. The average Bonchev–Trinajstić information content (AvgIpc) is 3.15. The Morgan fingerprint density at radius 3 is 2.60 bits per heavy atom. The normalized spacial score (nSPS) is 10.8. The van der Waals surface area contributed by atoms with Gasteiger partial charge in [-0.05, 0) is 31.2 Å². The molecule has 1 amide bonds. The van der Waals surface area contributed by atoms with Gasteiger partial charge >= 0.3 is 0 Å². The number of aryl methyl sites for hydroxylation is 2. The molecule has 25 heavy (non-hydrogen) atoms. The van der Waals surface area contributed by atoms with E-state index in [1.807, 2.05) is 62.1 Å².